The smallest absolute Gasteiger partial charge is 0.414 e. The number of ether oxygens (including phenoxy) is 1. The first-order chi connectivity index (χ1) is 13.5. The van der Waals surface area contributed by atoms with E-state index < -0.39 is 18.0 Å². The largest absolute Gasteiger partial charge is 0.442 e. The lowest BCUT2D eigenvalue weighted by Gasteiger charge is -2.31. The third-order valence-corrected chi connectivity index (χ3v) is 4.82. The van der Waals surface area contributed by atoms with Crippen LogP contribution in [0.1, 0.15) is 19.8 Å². The predicted octanol–water partition coefficient (Wildman–Crippen LogP) is 2.27. The summed E-state index contributed by atoms with van der Waals surface area (Å²) in [4.78, 5) is 26.4. The Morgan fingerprint density at radius 1 is 1.43 bits per heavy atom. The number of benzene rings is 1. The number of hydrogen-bond donors (Lipinski definition) is 2. The lowest BCUT2D eigenvalue weighted by atomic mass is 10.0. The Morgan fingerprint density at radius 2 is 2.18 bits per heavy atom. The molecule has 8 nitrogen and oxygen atoms in total. The van der Waals surface area contributed by atoms with Gasteiger partial charge in [-0.15, -0.1) is 0 Å². The fourth-order valence-electron chi connectivity index (χ4n) is 3.36. The van der Waals surface area contributed by atoms with E-state index in [2.05, 4.69) is 10.5 Å². The summed E-state index contributed by atoms with van der Waals surface area (Å²) in [6.07, 6.45) is 3.61. The molecule has 2 heterocycles. The minimum Gasteiger partial charge on any atom is -0.442 e. The summed E-state index contributed by atoms with van der Waals surface area (Å²) in [6.45, 7) is 3.19. The molecule has 2 aliphatic heterocycles. The van der Waals surface area contributed by atoms with Gasteiger partial charge >= 0.3 is 6.09 Å². The minimum absolute atomic E-state index is 0.201. The van der Waals surface area contributed by atoms with Crippen molar-refractivity contribution in [2.45, 2.75) is 25.9 Å². The summed E-state index contributed by atoms with van der Waals surface area (Å²) < 4.78 is 19.9. The molecule has 2 amide bonds. The zero-order valence-corrected chi connectivity index (χ0v) is 15.6. The molecule has 150 valence electrons. The van der Waals surface area contributed by atoms with Crippen molar-refractivity contribution < 1.29 is 23.9 Å². The second kappa shape index (κ2) is 8.73. The Kier molecular flexibility index (Phi) is 6.13. The molecule has 0 unspecified atom stereocenters. The van der Waals surface area contributed by atoms with E-state index in [0.29, 0.717) is 24.5 Å². The molecule has 2 fully saturated rings. The molecule has 0 aromatic heterocycles. The molecule has 2 N–H and O–H groups in total. The molecule has 28 heavy (non-hydrogen) atoms. The fourth-order valence-corrected chi connectivity index (χ4v) is 3.36. The van der Waals surface area contributed by atoms with Gasteiger partial charge in [0.2, 0.25) is 5.91 Å². The van der Waals surface area contributed by atoms with Gasteiger partial charge in [0.1, 0.15) is 11.9 Å². The number of allylic oxidation sites excluding steroid dienone is 1. The molecule has 0 spiro atoms. The number of anilines is 2. The van der Waals surface area contributed by atoms with Crippen molar-refractivity contribution >= 4 is 29.6 Å². The third-order valence-electron chi connectivity index (χ3n) is 4.82. The Labute approximate surface area is 162 Å². The van der Waals surface area contributed by atoms with Crippen molar-refractivity contribution in [1.82, 2.24) is 5.32 Å². The molecular formula is C19H23FN4O4. The van der Waals surface area contributed by atoms with E-state index in [1.165, 1.54) is 24.1 Å². The average molecular weight is 390 g/mol. The van der Waals surface area contributed by atoms with Crippen LogP contribution in [0.4, 0.5) is 20.6 Å². The summed E-state index contributed by atoms with van der Waals surface area (Å²) in [5.41, 5.74) is 2.06. The monoisotopic (exact) mass is 390 g/mol. The molecule has 2 saturated heterocycles. The lowest BCUT2D eigenvalue weighted by Crippen LogP contribution is -2.33. The van der Waals surface area contributed by atoms with E-state index >= 15 is 0 Å². The van der Waals surface area contributed by atoms with Gasteiger partial charge in [-0.1, -0.05) is 10.7 Å². The predicted molar refractivity (Wildman–Crippen MR) is 103 cm³/mol. The first-order valence-corrected chi connectivity index (χ1v) is 9.10. The van der Waals surface area contributed by atoms with Crippen LogP contribution in [-0.2, 0) is 9.53 Å². The van der Waals surface area contributed by atoms with Crippen LogP contribution in [0.3, 0.4) is 0 Å². The highest BCUT2D eigenvalue weighted by molar-refractivity contribution is 5.90. The molecule has 1 aromatic carbocycles. The molecule has 9 heteroatoms. The molecule has 1 atom stereocenters. The van der Waals surface area contributed by atoms with E-state index in [1.807, 2.05) is 4.90 Å². The van der Waals surface area contributed by atoms with Gasteiger partial charge in [-0.05, 0) is 37.1 Å². The molecule has 1 aromatic rings. The Hall–Kier alpha value is -3.10. The maximum atomic E-state index is 14.7. The third kappa shape index (κ3) is 4.59. The lowest BCUT2D eigenvalue weighted by molar-refractivity contribution is -0.119. The number of amides is 2. The summed E-state index contributed by atoms with van der Waals surface area (Å²) in [6, 6.07) is 4.70. The highest BCUT2D eigenvalue weighted by Gasteiger charge is 2.33. The van der Waals surface area contributed by atoms with E-state index in [9.17, 15) is 14.0 Å². The van der Waals surface area contributed by atoms with Crippen molar-refractivity contribution in [3.63, 3.8) is 0 Å². The number of cyclic esters (lactones) is 1. The average Bonchev–Trinajstić information content (AvgIpc) is 3.06. The van der Waals surface area contributed by atoms with Crippen LogP contribution in [0.2, 0.25) is 0 Å². The molecule has 0 radical (unpaired) electrons. The van der Waals surface area contributed by atoms with Crippen molar-refractivity contribution in [2.75, 3.05) is 36.0 Å². The molecular weight excluding hydrogens is 367 g/mol. The van der Waals surface area contributed by atoms with Crippen molar-refractivity contribution in [2.24, 2.45) is 5.16 Å². The quantitative estimate of drug-likeness (QED) is 0.457. The van der Waals surface area contributed by atoms with E-state index in [0.717, 1.165) is 18.4 Å². The topological polar surface area (TPSA) is 94.5 Å². The van der Waals surface area contributed by atoms with Gasteiger partial charge in [0.25, 0.3) is 0 Å². The summed E-state index contributed by atoms with van der Waals surface area (Å²) in [5, 5.41) is 14.0. The highest BCUT2D eigenvalue weighted by Crippen LogP contribution is 2.30. The summed E-state index contributed by atoms with van der Waals surface area (Å²) >= 11 is 0. The molecule has 0 aliphatic carbocycles. The summed E-state index contributed by atoms with van der Waals surface area (Å²) in [5.74, 6) is -0.604. The minimum atomic E-state index is -0.555. The maximum absolute atomic E-state index is 14.7. The van der Waals surface area contributed by atoms with E-state index in [4.69, 9.17) is 9.94 Å². The first-order valence-electron chi connectivity index (χ1n) is 9.10. The SMILES string of the molecule is CC(=O)NC[C@H]1CN(c2ccc(N3CCC(=CC=NO)CC3)c(F)c2)C(=O)O1. The van der Waals surface area contributed by atoms with Gasteiger partial charge in [0, 0.05) is 20.0 Å². The summed E-state index contributed by atoms with van der Waals surface area (Å²) in [7, 11) is 0. The molecule has 0 saturated carbocycles. The Bertz CT molecular complexity index is 801. The second-order valence-electron chi connectivity index (χ2n) is 6.77. The van der Waals surface area contributed by atoms with Gasteiger partial charge < -0.3 is 20.2 Å². The number of nitrogens with one attached hydrogen (secondary N) is 1. The maximum Gasteiger partial charge on any atom is 0.414 e. The van der Waals surface area contributed by atoms with Gasteiger partial charge in [0.05, 0.1) is 30.7 Å². The fraction of sp³-hybridized carbons (Fsp3) is 0.421. The van der Waals surface area contributed by atoms with Gasteiger partial charge in [-0.3, -0.25) is 9.69 Å². The van der Waals surface area contributed by atoms with Gasteiger partial charge in [-0.2, -0.15) is 0 Å². The standard InChI is InChI=1S/C19H23FN4O4/c1-13(25)21-11-16-12-24(19(26)28-16)15-2-3-18(17(20)10-15)23-8-5-14(6-9-23)4-7-22-27/h2-4,7,10,16,27H,5-6,8-9,11-12H2,1H3,(H,21,25)/t16-/m0/s1. The van der Waals surface area contributed by atoms with Crippen LogP contribution in [-0.4, -0.2) is 55.7 Å². The van der Waals surface area contributed by atoms with Gasteiger partial charge in [0.15, 0.2) is 0 Å². The Morgan fingerprint density at radius 3 is 2.82 bits per heavy atom. The van der Waals surface area contributed by atoms with Crippen molar-refractivity contribution in [3.8, 4) is 0 Å². The number of nitrogens with zero attached hydrogens (tertiary/aromatic N) is 3. The van der Waals surface area contributed by atoms with Crippen LogP contribution < -0.4 is 15.1 Å². The van der Waals surface area contributed by atoms with Gasteiger partial charge in [-0.25, -0.2) is 9.18 Å². The van der Waals surface area contributed by atoms with Crippen molar-refractivity contribution in [3.05, 3.63) is 35.7 Å². The molecule has 3 rings (SSSR count). The van der Waals surface area contributed by atoms with Crippen molar-refractivity contribution in [1.29, 1.82) is 0 Å². The number of carbonyl (C=O) groups is 2. The zero-order valence-electron chi connectivity index (χ0n) is 15.6. The van der Waals surface area contributed by atoms with Crippen LogP contribution in [0.15, 0.2) is 35.0 Å². The van der Waals surface area contributed by atoms with Crippen LogP contribution in [0.5, 0.6) is 0 Å². The number of rotatable bonds is 5. The highest BCUT2D eigenvalue weighted by atomic mass is 19.1. The number of carbonyl (C=O) groups excluding carboxylic acids is 2. The zero-order chi connectivity index (χ0) is 20.1. The normalized spacial score (nSPS) is 19.9. The second-order valence-corrected chi connectivity index (χ2v) is 6.77. The number of oxime groups is 1. The molecule has 2 aliphatic rings. The Balaban J connectivity index is 1.65. The van der Waals surface area contributed by atoms with Crippen LogP contribution in [0.25, 0.3) is 0 Å². The molecule has 0 bridgehead atoms. The number of hydrogen-bond acceptors (Lipinski definition) is 6. The van der Waals surface area contributed by atoms with Crippen LogP contribution in [0, 0.1) is 5.82 Å². The number of halogens is 1. The number of piperidine rings is 1. The van der Waals surface area contributed by atoms with E-state index in [-0.39, 0.29) is 19.0 Å². The van der Waals surface area contributed by atoms with E-state index in [1.54, 1.807) is 18.2 Å². The van der Waals surface area contributed by atoms with Crippen LogP contribution >= 0.6 is 0 Å². The first kappa shape index (κ1) is 19.7.